The van der Waals surface area contributed by atoms with Crippen molar-refractivity contribution in [3.8, 4) is 0 Å². The second kappa shape index (κ2) is 5.05. The van der Waals surface area contributed by atoms with Crippen molar-refractivity contribution in [1.29, 1.82) is 0 Å². The minimum absolute atomic E-state index is 0.345. The first-order valence-corrected chi connectivity index (χ1v) is 6.78. The number of nitrogens with one attached hydrogen (secondary N) is 1. The number of hydrogen-bond donors (Lipinski definition) is 1. The zero-order valence-corrected chi connectivity index (χ0v) is 12.1. The molecule has 1 aliphatic rings. The first kappa shape index (κ1) is 14.0. The zero-order valence-electron chi connectivity index (χ0n) is 12.1. The van der Waals surface area contributed by atoms with Gasteiger partial charge in [-0.05, 0) is 52.1 Å². The highest BCUT2D eigenvalue weighted by Gasteiger charge is 2.37. The molecule has 0 aliphatic carbocycles. The van der Waals surface area contributed by atoms with Gasteiger partial charge in [-0.15, -0.1) is 0 Å². The highest BCUT2D eigenvalue weighted by atomic mass is 15.2. The van der Waals surface area contributed by atoms with E-state index < -0.39 is 0 Å². The Morgan fingerprint density at radius 3 is 2.44 bits per heavy atom. The lowest BCUT2D eigenvalue weighted by Gasteiger charge is -2.41. The van der Waals surface area contributed by atoms with Gasteiger partial charge in [0.25, 0.3) is 0 Å². The summed E-state index contributed by atoms with van der Waals surface area (Å²) in [6, 6.07) is 0.578. The highest BCUT2D eigenvalue weighted by Crippen LogP contribution is 2.33. The van der Waals surface area contributed by atoms with Crippen molar-refractivity contribution in [1.82, 2.24) is 10.2 Å². The molecule has 0 amide bonds. The van der Waals surface area contributed by atoms with Gasteiger partial charge in [0.2, 0.25) is 0 Å². The first-order valence-electron chi connectivity index (χ1n) is 6.78. The summed E-state index contributed by atoms with van der Waals surface area (Å²) in [7, 11) is 0. The van der Waals surface area contributed by atoms with Crippen LogP contribution in [0.2, 0.25) is 0 Å². The number of hydrogen-bond acceptors (Lipinski definition) is 2. The molecular weight excluding hydrogens is 196 g/mol. The average molecular weight is 226 g/mol. The molecule has 1 N–H and O–H groups in total. The van der Waals surface area contributed by atoms with Crippen molar-refractivity contribution in [2.75, 3.05) is 19.6 Å². The second-order valence-electron chi connectivity index (χ2n) is 6.61. The van der Waals surface area contributed by atoms with Crippen molar-refractivity contribution >= 4 is 0 Å². The van der Waals surface area contributed by atoms with Gasteiger partial charge in [-0.2, -0.15) is 0 Å². The Morgan fingerprint density at radius 1 is 1.38 bits per heavy atom. The Morgan fingerprint density at radius 2 is 2.00 bits per heavy atom. The van der Waals surface area contributed by atoms with Crippen LogP contribution in [0.15, 0.2) is 0 Å². The van der Waals surface area contributed by atoms with Crippen LogP contribution in [0.3, 0.4) is 0 Å². The predicted molar refractivity (Wildman–Crippen MR) is 71.8 cm³/mol. The molecule has 0 aromatic heterocycles. The molecule has 0 spiro atoms. The Bertz CT molecular complexity index is 221. The van der Waals surface area contributed by atoms with Crippen molar-refractivity contribution in [2.24, 2.45) is 5.41 Å². The Kier molecular flexibility index (Phi) is 4.42. The van der Waals surface area contributed by atoms with E-state index in [0.29, 0.717) is 17.0 Å². The molecule has 1 unspecified atom stereocenters. The van der Waals surface area contributed by atoms with Gasteiger partial charge in [0, 0.05) is 18.1 Å². The molecule has 16 heavy (non-hydrogen) atoms. The molecule has 2 heteroatoms. The van der Waals surface area contributed by atoms with E-state index in [2.05, 4.69) is 51.8 Å². The van der Waals surface area contributed by atoms with E-state index in [1.165, 1.54) is 25.9 Å². The minimum atomic E-state index is 0.345. The Hall–Kier alpha value is -0.0800. The van der Waals surface area contributed by atoms with Crippen LogP contribution in [0.1, 0.15) is 54.4 Å². The molecule has 1 saturated heterocycles. The quantitative estimate of drug-likeness (QED) is 0.775. The van der Waals surface area contributed by atoms with E-state index in [0.717, 1.165) is 6.54 Å². The molecule has 1 atom stereocenters. The molecule has 0 saturated carbocycles. The maximum atomic E-state index is 3.56. The smallest absolute Gasteiger partial charge is 0.0153 e. The zero-order chi connectivity index (χ0) is 12.4. The Labute approximate surface area is 102 Å². The summed E-state index contributed by atoms with van der Waals surface area (Å²) in [5, 5.41) is 3.56. The van der Waals surface area contributed by atoms with E-state index in [9.17, 15) is 0 Å². The summed E-state index contributed by atoms with van der Waals surface area (Å²) in [6.07, 6.45) is 2.71. The van der Waals surface area contributed by atoms with Crippen LogP contribution < -0.4 is 5.32 Å². The largest absolute Gasteiger partial charge is 0.314 e. The molecule has 0 radical (unpaired) electrons. The molecule has 0 aromatic rings. The number of nitrogens with zero attached hydrogens (tertiary/aromatic N) is 1. The monoisotopic (exact) mass is 226 g/mol. The van der Waals surface area contributed by atoms with Gasteiger partial charge >= 0.3 is 0 Å². The first-order chi connectivity index (χ1) is 7.29. The van der Waals surface area contributed by atoms with Crippen LogP contribution in [-0.4, -0.2) is 36.1 Å². The van der Waals surface area contributed by atoms with Crippen molar-refractivity contribution in [3.05, 3.63) is 0 Å². The van der Waals surface area contributed by atoms with Gasteiger partial charge < -0.3 is 5.32 Å². The number of likely N-dealkylation sites (tertiary alicyclic amines) is 1. The third-order valence-corrected chi connectivity index (χ3v) is 4.35. The van der Waals surface area contributed by atoms with Gasteiger partial charge in [-0.25, -0.2) is 0 Å². The standard InChI is InChI=1S/C14H30N2/c1-7-15-12(2)13(3,4)11-16-10-8-9-14(16,5)6/h12,15H,7-11H2,1-6H3. The van der Waals surface area contributed by atoms with Crippen LogP contribution in [-0.2, 0) is 0 Å². The predicted octanol–water partition coefficient (Wildman–Crippen LogP) is 2.89. The van der Waals surface area contributed by atoms with Gasteiger partial charge in [-0.1, -0.05) is 20.8 Å². The topological polar surface area (TPSA) is 15.3 Å². The molecule has 1 aliphatic heterocycles. The molecule has 1 fully saturated rings. The Balaban J connectivity index is 2.58. The maximum absolute atomic E-state index is 3.56. The van der Waals surface area contributed by atoms with Crippen molar-refractivity contribution in [3.63, 3.8) is 0 Å². The molecule has 1 rings (SSSR count). The lowest BCUT2D eigenvalue weighted by Crippen LogP contribution is -2.50. The van der Waals surface area contributed by atoms with E-state index in [1.807, 2.05) is 0 Å². The summed E-state index contributed by atoms with van der Waals surface area (Å²) in [6.45, 7) is 17.6. The van der Waals surface area contributed by atoms with E-state index in [1.54, 1.807) is 0 Å². The fourth-order valence-electron chi connectivity index (χ4n) is 2.67. The van der Waals surface area contributed by atoms with Gasteiger partial charge in [0.1, 0.15) is 0 Å². The maximum Gasteiger partial charge on any atom is 0.0153 e. The fraction of sp³-hybridized carbons (Fsp3) is 1.00. The normalized spacial score (nSPS) is 23.6. The van der Waals surface area contributed by atoms with E-state index >= 15 is 0 Å². The average Bonchev–Trinajstić information content (AvgIpc) is 2.46. The summed E-state index contributed by atoms with van der Waals surface area (Å²) >= 11 is 0. The summed E-state index contributed by atoms with van der Waals surface area (Å²) in [5.41, 5.74) is 0.751. The lowest BCUT2D eigenvalue weighted by molar-refractivity contribution is 0.0934. The molecule has 2 nitrogen and oxygen atoms in total. The van der Waals surface area contributed by atoms with Crippen LogP contribution in [0.5, 0.6) is 0 Å². The molecule has 0 bridgehead atoms. The third kappa shape index (κ3) is 3.21. The summed E-state index contributed by atoms with van der Waals surface area (Å²) in [4.78, 5) is 2.67. The highest BCUT2D eigenvalue weighted by molar-refractivity contribution is 4.93. The fourth-order valence-corrected chi connectivity index (χ4v) is 2.67. The van der Waals surface area contributed by atoms with Crippen LogP contribution in [0.4, 0.5) is 0 Å². The van der Waals surface area contributed by atoms with Crippen LogP contribution in [0.25, 0.3) is 0 Å². The summed E-state index contributed by atoms with van der Waals surface area (Å²) < 4.78 is 0. The van der Waals surface area contributed by atoms with Gasteiger partial charge in [-0.3, -0.25) is 4.90 Å². The van der Waals surface area contributed by atoms with Crippen molar-refractivity contribution < 1.29 is 0 Å². The molecule has 1 heterocycles. The van der Waals surface area contributed by atoms with Crippen LogP contribution >= 0.6 is 0 Å². The van der Waals surface area contributed by atoms with E-state index in [-0.39, 0.29) is 0 Å². The van der Waals surface area contributed by atoms with E-state index in [4.69, 9.17) is 0 Å². The summed E-state index contributed by atoms with van der Waals surface area (Å²) in [5.74, 6) is 0. The SMILES string of the molecule is CCNC(C)C(C)(C)CN1CCCC1(C)C. The minimum Gasteiger partial charge on any atom is -0.314 e. The van der Waals surface area contributed by atoms with Crippen molar-refractivity contribution in [2.45, 2.75) is 66.0 Å². The van der Waals surface area contributed by atoms with Gasteiger partial charge in [0.05, 0.1) is 0 Å². The van der Waals surface area contributed by atoms with Crippen LogP contribution in [0, 0.1) is 5.41 Å². The third-order valence-electron chi connectivity index (χ3n) is 4.35. The molecular formula is C14H30N2. The van der Waals surface area contributed by atoms with Gasteiger partial charge in [0.15, 0.2) is 0 Å². The lowest BCUT2D eigenvalue weighted by atomic mass is 9.83. The molecule has 96 valence electrons. The number of rotatable bonds is 5. The second-order valence-corrected chi connectivity index (χ2v) is 6.61. The molecule has 0 aromatic carbocycles.